The van der Waals surface area contributed by atoms with Gasteiger partial charge < -0.3 is 10.0 Å². The Hall–Kier alpha value is -0.680. The minimum absolute atomic E-state index is 0.624. The van der Waals surface area contributed by atoms with Crippen molar-refractivity contribution < 1.29 is 5.11 Å². The normalized spacial score (nSPS) is 29.1. The lowest BCUT2D eigenvalue weighted by atomic mass is 9.77. The summed E-state index contributed by atoms with van der Waals surface area (Å²) in [7, 11) is 2.28. The van der Waals surface area contributed by atoms with Crippen LogP contribution in [0.15, 0.2) is 33.7 Å². The molecular weight excluding hydrogens is 310 g/mol. The molecule has 22 heavy (non-hydrogen) atoms. The molecule has 2 saturated heterocycles. The summed E-state index contributed by atoms with van der Waals surface area (Å²) in [4.78, 5) is 2.57. The Morgan fingerprint density at radius 2 is 1.64 bits per heavy atom. The van der Waals surface area contributed by atoms with E-state index >= 15 is 0 Å². The van der Waals surface area contributed by atoms with Gasteiger partial charge in [0.1, 0.15) is 5.60 Å². The minimum atomic E-state index is -0.806. The first kappa shape index (κ1) is 14.9. The maximum Gasteiger partial charge on any atom is 0.116 e. The van der Waals surface area contributed by atoms with Gasteiger partial charge in [-0.15, -0.1) is 0 Å². The van der Waals surface area contributed by atoms with Gasteiger partial charge in [0, 0.05) is 12.1 Å². The highest BCUT2D eigenvalue weighted by Gasteiger charge is 2.42. The van der Waals surface area contributed by atoms with Crippen LogP contribution in [0.5, 0.6) is 0 Å². The lowest BCUT2D eigenvalue weighted by Crippen LogP contribution is -2.42. The van der Waals surface area contributed by atoms with Crippen LogP contribution in [0.4, 0.5) is 0 Å². The molecule has 1 N–H and O–H groups in total. The van der Waals surface area contributed by atoms with Crippen molar-refractivity contribution in [2.75, 3.05) is 7.05 Å². The Labute approximate surface area is 140 Å². The zero-order valence-electron chi connectivity index (χ0n) is 12.9. The molecule has 0 aliphatic carbocycles. The fourth-order valence-corrected chi connectivity index (χ4v) is 5.96. The molecule has 2 aliphatic rings. The second kappa shape index (κ2) is 5.75. The number of nitrogens with zero attached hydrogens (tertiary/aromatic N) is 1. The molecular formula is C18H23NOS2. The van der Waals surface area contributed by atoms with E-state index in [4.69, 9.17) is 0 Å². The number of rotatable bonds is 4. The zero-order chi connectivity index (χ0) is 15.2. The van der Waals surface area contributed by atoms with Gasteiger partial charge in [-0.3, -0.25) is 0 Å². The van der Waals surface area contributed by atoms with E-state index in [1.165, 1.54) is 25.7 Å². The number of fused-ring (bicyclic) bond motifs is 2. The molecule has 2 aromatic rings. The monoisotopic (exact) mass is 333 g/mol. The van der Waals surface area contributed by atoms with Crippen molar-refractivity contribution in [2.24, 2.45) is 5.92 Å². The first-order valence-electron chi connectivity index (χ1n) is 8.16. The third-order valence-corrected chi connectivity index (χ3v) is 7.14. The zero-order valence-corrected chi connectivity index (χ0v) is 14.6. The lowest BCUT2D eigenvalue weighted by Gasteiger charge is -2.40. The van der Waals surface area contributed by atoms with Crippen molar-refractivity contribution >= 4 is 22.7 Å². The molecule has 4 rings (SSSR count). The van der Waals surface area contributed by atoms with Gasteiger partial charge in [-0.1, -0.05) is 0 Å². The number of aliphatic hydroxyl groups is 1. The SMILES string of the molecule is CN1[C@@H]2CC[C@H]1CC(CC(O)(c1ccsc1)c1ccsc1)C2. The van der Waals surface area contributed by atoms with Crippen molar-refractivity contribution in [3.63, 3.8) is 0 Å². The van der Waals surface area contributed by atoms with Crippen LogP contribution in [-0.4, -0.2) is 29.1 Å². The highest BCUT2D eigenvalue weighted by Crippen LogP contribution is 2.45. The number of thiophene rings is 2. The van der Waals surface area contributed by atoms with Crippen LogP contribution in [-0.2, 0) is 5.60 Å². The molecule has 2 bridgehead atoms. The van der Waals surface area contributed by atoms with Crippen LogP contribution in [0.25, 0.3) is 0 Å². The van der Waals surface area contributed by atoms with Crippen molar-refractivity contribution in [2.45, 2.75) is 49.8 Å². The minimum Gasteiger partial charge on any atom is -0.380 e. The summed E-state index contributed by atoms with van der Waals surface area (Å²) < 4.78 is 0. The molecule has 4 heteroatoms. The van der Waals surface area contributed by atoms with Crippen molar-refractivity contribution in [1.82, 2.24) is 4.90 Å². The van der Waals surface area contributed by atoms with Crippen molar-refractivity contribution in [1.29, 1.82) is 0 Å². The van der Waals surface area contributed by atoms with Crippen LogP contribution in [0.3, 0.4) is 0 Å². The third kappa shape index (κ3) is 2.46. The first-order chi connectivity index (χ1) is 10.7. The second-order valence-corrected chi connectivity index (χ2v) is 8.54. The summed E-state index contributed by atoms with van der Waals surface area (Å²) in [5.41, 5.74) is 1.34. The first-order valence-corrected chi connectivity index (χ1v) is 10.0. The van der Waals surface area contributed by atoms with Gasteiger partial charge in [0.05, 0.1) is 0 Å². The summed E-state index contributed by atoms with van der Waals surface area (Å²) in [5, 5.41) is 19.9. The maximum absolute atomic E-state index is 11.5. The Bertz CT molecular complexity index is 559. The Balaban J connectivity index is 1.60. The summed E-state index contributed by atoms with van der Waals surface area (Å²) in [6.45, 7) is 0. The Morgan fingerprint density at radius 1 is 1.09 bits per heavy atom. The largest absolute Gasteiger partial charge is 0.380 e. The van der Waals surface area contributed by atoms with Crippen LogP contribution >= 0.6 is 22.7 Å². The predicted molar refractivity (Wildman–Crippen MR) is 93.6 cm³/mol. The number of piperidine rings is 1. The fourth-order valence-electron chi connectivity index (χ4n) is 4.51. The third-order valence-electron chi connectivity index (χ3n) is 5.78. The van der Waals surface area contributed by atoms with E-state index in [1.54, 1.807) is 22.7 Å². The number of hydrogen-bond donors (Lipinski definition) is 1. The molecule has 2 fully saturated rings. The van der Waals surface area contributed by atoms with Gasteiger partial charge in [0.25, 0.3) is 0 Å². The standard InChI is InChI=1S/C18H23NOS2/c1-19-16-2-3-17(19)9-13(8-16)10-18(20,14-4-6-21-11-14)15-5-7-22-12-15/h4-7,11-13,16-17,20H,2-3,8-10H2,1H3/t13?,16-,17+. The highest BCUT2D eigenvalue weighted by molar-refractivity contribution is 7.08. The van der Waals surface area contributed by atoms with Crippen LogP contribution in [0.2, 0.25) is 0 Å². The Morgan fingerprint density at radius 3 is 2.09 bits per heavy atom. The summed E-state index contributed by atoms with van der Waals surface area (Å²) >= 11 is 3.35. The number of hydrogen-bond acceptors (Lipinski definition) is 4. The van der Waals surface area contributed by atoms with Crippen LogP contribution in [0.1, 0.15) is 43.2 Å². The van der Waals surface area contributed by atoms with E-state index in [0.717, 1.165) is 29.6 Å². The molecule has 0 spiro atoms. The van der Waals surface area contributed by atoms with Crippen LogP contribution < -0.4 is 0 Å². The van der Waals surface area contributed by atoms with Gasteiger partial charge in [-0.25, -0.2) is 0 Å². The molecule has 0 saturated carbocycles. The maximum atomic E-state index is 11.5. The quantitative estimate of drug-likeness (QED) is 0.901. The second-order valence-electron chi connectivity index (χ2n) is 6.98. The molecule has 0 amide bonds. The highest BCUT2D eigenvalue weighted by atomic mass is 32.1. The molecule has 4 heterocycles. The summed E-state index contributed by atoms with van der Waals surface area (Å²) in [6, 6.07) is 5.65. The van der Waals surface area contributed by atoms with Crippen LogP contribution in [0, 0.1) is 5.92 Å². The molecule has 2 aromatic heterocycles. The molecule has 0 aromatic carbocycles. The topological polar surface area (TPSA) is 23.5 Å². The van der Waals surface area contributed by atoms with E-state index in [-0.39, 0.29) is 0 Å². The van der Waals surface area contributed by atoms with Gasteiger partial charge >= 0.3 is 0 Å². The van der Waals surface area contributed by atoms with E-state index < -0.39 is 5.60 Å². The molecule has 3 atom stereocenters. The van der Waals surface area contributed by atoms with Gasteiger partial charge in [0.2, 0.25) is 0 Å². The van der Waals surface area contributed by atoms with E-state index in [9.17, 15) is 5.11 Å². The molecule has 2 nitrogen and oxygen atoms in total. The molecule has 0 radical (unpaired) electrons. The van der Waals surface area contributed by atoms with E-state index in [1.807, 2.05) is 0 Å². The van der Waals surface area contributed by atoms with E-state index in [0.29, 0.717) is 5.92 Å². The Kier molecular flexibility index (Phi) is 3.89. The predicted octanol–water partition coefficient (Wildman–Crippen LogP) is 4.31. The average Bonchev–Trinajstić information content (AvgIpc) is 3.22. The van der Waals surface area contributed by atoms with Crippen molar-refractivity contribution in [3.05, 3.63) is 44.8 Å². The lowest BCUT2D eigenvalue weighted by molar-refractivity contribution is 0.0274. The smallest absolute Gasteiger partial charge is 0.116 e. The fraction of sp³-hybridized carbons (Fsp3) is 0.556. The van der Waals surface area contributed by atoms with Crippen molar-refractivity contribution in [3.8, 4) is 0 Å². The average molecular weight is 334 g/mol. The van der Waals surface area contributed by atoms with E-state index in [2.05, 4.69) is 45.6 Å². The molecule has 118 valence electrons. The molecule has 2 aliphatic heterocycles. The van der Waals surface area contributed by atoms with Gasteiger partial charge in [-0.05, 0) is 89.8 Å². The molecule has 1 unspecified atom stereocenters. The summed E-state index contributed by atoms with van der Waals surface area (Å²) in [5.74, 6) is 0.624. The summed E-state index contributed by atoms with van der Waals surface area (Å²) in [6.07, 6.45) is 6.02. The van der Waals surface area contributed by atoms with Gasteiger partial charge in [0.15, 0.2) is 0 Å². The van der Waals surface area contributed by atoms with Gasteiger partial charge in [-0.2, -0.15) is 22.7 Å².